The standard InChI is InChI=1S/C26H38ClFN4O4/c1-25(2,3)31-13-14-32(24(35)36-26(4,5)6)21(17-31)23(34)30-11-9-29(10-12-30)22(33)16-18-7-8-19(27)20(28)15-18/h7-8,15,21H,9-14,16-17H2,1-6H3/t21-/m1/s1. The number of piperazine rings is 2. The number of benzene rings is 1. The lowest BCUT2D eigenvalue weighted by molar-refractivity contribution is -0.145. The van der Waals surface area contributed by atoms with Crippen LogP contribution in [0, 0.1) is 5.82 Å². The summed E-state index contributed by atoms with van der Waals surface area (Å²) < 4.78 is 19.3. The Morgan fingerprint density at radius 1 is 0.972 bits per heavy atom. The molecular formula is C26H38ClFN4O4. The fraction of sp³-hybridized carbons (Fsp3) is 0.654. The van der Waals surface area contributed by atoms with E-state index in [1.807, 2.05) is 20.8 Å². The minimum Gasteiger partial charge on any atom is -0.444 e. The zero-order chi connectivity index (χ0) is 26.8. The average molecular weight is 525 g/mol. The van der Waals surface area contributed by atoms with Crippen molar-refractivity contribution in [2.24, 2.45) is 0 Å². The maximum absolute atomic E-state index is 13.7. The second kappa shape index (κ2) is 10.9. The highest BCUT2D eigenvalue weighted by Crippen LogP contribution is 2.23. The van der Waals surface area contributed by atoms with Gasteiger partial charge in [0.05, 0.1) is 11.4 Å². The number of amides is 3. The number of carbonyl (C=O) groups is 3. The third-order valence-corrected chi connectivity index (χ3v) is 6.83. The molecule has 2 heterocycles. The highest BCUT2D eigenvalue weighted by Gasteiger charge is 2.42. The van der Waals surface area contributed by atoms with Gasteiger partial charge < -0.3 is 14.5 Å². The molecule has 2 saturated heterocycles. The first kappa shape index (κ1) is 28.2. The van der Waals surface area contributed by atoms with Gasteiger partial charge in [-0.25, -0.2) is 9.18 Å². The van der Waals surface area contributed by atoms with Crippen molar-refractivity contribution in [1.82, 2.24) is 19.6 Å². The SMILES string of the molecule is CC(C)(C)OC(=O)N1CCN(C(C)(C)C)C[C@@H]1C(=O)N1CCN(C(=O)Cc2ccc(Cl)c(F)c2)CC1. The number of nitrogens with zero attached hydrogens (tertiary/aromatic N) is 4. The van der Waals surface area contributed by atoms with Gasteiger partial charge in [-0.1, -0.05) is 17.7 Å². The maximum Gasteiger partial charge on any atom is 0.411 e. The van der Waals surface area contributed by atoms with E-state index in [1.54, 1.807) is 20.8 Å². The van der Waals surface area contributed by atoms with Gasteiger partial charge in [-0.2, -0.15) is 0 Å². The molecule has 36 heavy (non-hydrogen) atoms. The zero-order valence-corrected chi connectivity index (χ0v) is 22.9. The smallest absolute Gasteiger partial charge is 0.411 e. The third kappa shape index (κ3) is 7.09. The fourth-order valence-electron chi connectivity index (χ4n) is 4.47. The molecule has 3 rings (SSSR count). The number of ether oxygens (including phenoxy) is 1. The normalized spacial score (nSPS) is 19.9. The van der Waals surface area contributed by atoms with E-state index in [-0.39, 0.29) is 28.8 Å². The first-order chi connectivity index (χ1) is 16.7. The molecule has 0 radical (unpaired) electrons. The Morgan fingerprint density at radius 3 is 2.14 bits per heavy atom. The summed E-state index contributed by atoms with van der Waals surface area (Å²) in [7, 11) is 0. The van der Waals surface area contributed by atoms with E-state index in [1.165, 1.54) is 12.1 Å². The molecule has 0 unspecified atom stereocenters. The zero-order valence-electron chi connectivity index (χ0n) is 22.1. The summed E-state index contributed by atoms with van der Waals surface area (Å²) in [6.45, 7) is 14.7. The van der Waals surface area contributed by atoms with Crippen molar-refractivity contribution >= 4 is 29.5 Å². The van der Waals surface area contributed by atoms with Crippen LogP contribution < -0.4 is 0 Å². The van der Waals surface area contributed by atoms with Crippen LogP contribution in [0.4, 0.5) is 9.18 Å². The molecular weight excluding hydrogens is 487 g/mol. The molecule has 3 amide bonds. The van der Waals surface area contributed by atoms with Gasteiger partial charge in [-0.05, 0) is 59.2 Å². The predicted octanol–water partition coefficient (Wildman–Crippen LogP) is 3.41. The maximum atomic E-state index is 13.7. The Morgan fingerprint density at radius 2 is 1.58 bits per heavy atom. The molecule has 2 aliphatic heterocycles. The lowest BCUT2D eigenvalue weighted by atomic mass is 10.0. The Bertz CT molecular complexity index is 983. The van der Waals surface area contributed by atoms with Crippen LogP contribution in [0.2, 0.25) is 5.02 Å². The van der Waals surface area contributed by atoms with Crippen LogP contribution >= 0.6 is 11.6 Å². The highest BCUT2D eigenvalue weighted by atomic mass is 35.5. The summed E-state index contributed by atoms with van der Waals surface area (Å²) in [5, 5.41) is 0.0199. The molecule has 8 nitrogen and oxygen atoms in total. The van der Waals surface area contributed by atoms with Gasteiger partial charge in [-0.15, -0.1) is 0 Å². The molecule has 2 fully saturated rings. The fourth-order valence-corrected chi connectivity index (χ4v) is 4.58. The van der Waals surface area contributed by atoms with Crippen LogP contribution in [0.25, 0.3) is 0 Å². The average Bonchev–Trinajstić information content (AvgIpc) is 2.79. The predicted molar refractivity (Wildman–Crippen MR) is 136 cm³/mol. The van der Waals surface area contributed by atoms with Crippen molar-refractivity contribution in [3.8, 4) is 0 Å². The van der Waals surface area contributed by atoms with Gasteiger partial charge >= 0.3 is 6.09 Å². The van der Waals surface area contributed by atoms with Crippen LogP contribution in [0.5, 0.6) is 0 Å². The minimum absolute atomic E-state index is 0.0199. The van der Waals surface area contributed by atoms with Crippen LogP contribution in [0.3, 0.4) is 0 Å². The molecule has 0 bridgehead atoms. The molecule has 2 aliphatic rings. The third-order valence-electron chi connectivity index (χ3n) is 6.53. The topological polar surface area (TPSA) is 73.4 Å². The molecule has 10 heteroatoms. The van der Waals surface area contributed by atoms with Gasteiger partial charge in [-0.3, -0.25) is 19.4 Å². The van der Waals surface area contributed by atoms with Gasteiger partial charge in [0.25, 0.3) is 0 Å². The van der Waals surface area contributed by atoms with Gasteiger partial charge in [0.2, 0.25) is 11.8 Å². The van der Waals surface area contributed by atoms with E-state index in [0.29, 0.717) is 51.4 Å². The Kier molecular flexibility index (Phi) is 8.55. The molecule has 0 aliphatic carbocycles. The number of rotatable bonds is 3. The van der Waals surface area contributed by atoms with Crippen LogP contribution in [-0.2, 0) is 20.7 Å². The van der Waals surface area contributed by atoms with E-state index < -0.39 is 23.6 Å². The van der Waals surface area contributed by atoms with Crippen LogP contribution in [0.1, 0.15) is 47.1 Å². The summed E-state index contributed by atoms with van der Waals surface area (Å²) in [4.78, 5) is 46.5. The van der Waals surface area contributed by atoms with Gasteiger partial charge in [0.15, 0.2) is 0 Å². The van der Waals surface area contributed by atoms with Crippen molar-refractivity contribution in [2.75, 3.05) is 45.8 Å². The summed E-state index contributed by atoms with van der Waals surface area (Å²) in [6, 6.07) is 3.69. The van der Waals surface area contributed by atoms with E-state index in [2.05, 4.69) is 25.7 Å². The van der Waals surface area contributed by atoms with Crippen molar-refractivity contribution in [1.29, 1.82) is 0 Å². The molecule has 200 valence electrons. The summed E-state index contributed by atoms with van der Waals surface area (Å²) >= 11 is 5.73. The Balaban J connectivity index is 1.65. The van der Waals surface area contributed by atoms with Crippen LogP contribution in [0.15, 0.2) is 18.2 Å². The first-order valence-corrected chi connectivity index (χ1v) is 12.8. The second-order valence-electron chi connectivity index (χ2n) is 11.4. The summed E-state index contributed by atoms with van der Waals surface area (Å²) in [5.41, 5.74) is -0.256. The molecule has 1 aromatic rings. The highest BCUT2D eigenvalue weighted by molar-refractivity contribution is 6.30. The lowest BCUT2D eigenvalue weighted by Crippen LogP contribution is -2.65. The van der Waals surface area contributed by atoms with Crippen molar-refractivity contribution in [2.45, 2.75) is 65.1 Å². The number of hydrogen-bond acceptors (Lipinski definition) is 5. The van der Waals surface area contributed by atoms with E-state index >= 15 is 0 Å². The number of halogens is 2. The van der Waals surface area contributed by atoms with Crippen molar-refractivity contribution in [3.63, 3.8) is 0 Å². The van der Waals surface area contributed by atoms with E-state index in [9.17, 15) is 18.8 Å². The van der Waals surface area contributed by atoms with Gasteiger partial charge in [0, 0.05) is 51.4 Å². The molecule has 1 atom stereocenters. The first-order valence-electron chi connectivity index (χ1n) is 12.4. The van der Waals surface area contributed by atoms with Crippen molar-refractivity contribution < 1.29 is 23.5 Å². The number of carbonyl (C=O) groups excluding carboxylic acids is 3. The Labute approximate surface area is 218 Å². The molecule has 0 saturated carbocycles. The lowest BCUT2D eigenvalue weighted by Gasteiger charge is -2.47. The quantitative estimate of drug-likeness (QED) is 0.606. The van der Waals surface area contributed by atoms with E-state index in [4.69, 9.17) is 16.3 Å². The second-order valence-corrected chi connectivity index (χ2v) is 11.8. The Hall–Kier alpha value is -2.39. The molecule has 0 aromatic heterocycles. The molecule has 1 aromatic carbocycles. The largest absolute Gasteiger partial charge is 0.444 e. The number of hydrogen-bond donors (Lipinski definition) is 0. The van der Waals surface area contributed by atoms with Crippen LogP contribution in [-0.4, -0.2) is 101 Å². The minimum atomic E-state index is -0.662. The molecule has 0 spiro atoms. The summed E-state index contributed by atoms with van der Waals surface area (Å²) in [6.07, 6.45) is -0.420. The summed E-state index contributed by atoms with van der Waals surface area (Å²) in [5.74, 6) is -0.818. The van der Waals surface area contributed by atoms with E-state index in [0.717, 1.165) is 0 Å². The molecule has 0 N–H and O–H groups in total. The van der Waals surface area contributed by atoms with Gasteiger partial charge in [0.1, 0.15) is 17.5 Å². The monoisotopic (exact) mass is 524 g/mol. The van der Waals surface area contributed by atoms with Crippen molar-refractivity contribution in [3.05, 3.63) is 34.6 Å².